The average Bonchev–Trinajstić information content (AvgIpc) is 2.79. The van der Waals surface area contributed by atoms with E-state index in [1.807, 2.05) is 12.1 Å². The van der Waals surface area contributed by atoms with Crippen molar-refractivity contribution in [2.45, 2.75) is 32.7 Å². The number of aromatic carboxylic acids is 1. The average molecular weight is 303 g/mol. The van der Waals surface area contributed by atoms with Gasteiger partial charge in [0.05, 0.1) is 6.54 Å². The summed E-state index contributed by atoms with van der Waals surface area (Å²) >= 11 is 0. The Balaban J connectivity index is 2.21. The number of carbonyl (C=O) groups is 2. The van der Waals surface area contributed by atoms with Gasteiger partial charge in [-0.3, -0.25) is 4.79 Å². The van der Waals surface area contributed by atoms with Crippen LogP contribution >= 0.6 is 0 Å². The zero-order valence-electron chi connectivity index (χ0n) is 12.8. The molecule has 4 nitrogen and oxygen atoms in total. The third-order valence-corrected chi connectivity index (χ3v) is 3.47. The van der Waals surface area contributed by atoms with Gasteiger partial charge in [-0.1, -0.05) is 45.0 Å². The minimum absolute atomic E-state index is 0.0123. The Labute approximate surface area is 128 Å². The predicted octanol–water partition coefficient (Wildman–Crippen LogP) is 3.51. The molecule has 1 aromatic carbocycles. The number of carbonyl (C=O) groups excluding carboxylic acids is 1. The molecule has 0 spiro atoms. The number of carboxylic acids is 1. The number of hydrogen-bond acceptors (Lipinski definition) is 2. The maximum atomic E-state index is 13.2. The molecule has 0 saturated carbocycles. The van der Waals surface area contributed by atoms with E-state index in [0.717, 1.165) is 22.4 Å². The highest BCUT2D eigenvalue weighted by Gasteiger charge is 2.17. The number of carboxylic acid groups (broad SMARTS) is 1. The standard InChI is InChI=1S/C17H18FNO3/c1-17(2,3)12-6-4-11(5-7-12)15(20)10-19-9-13(18)8-14(19)16(21)22/h4-9H,10H2,1-3H3,(H,21,22). The maximum Gasteiger partial charge on any atom is 0.352 e. The second-order valence-corrected chi connectivity index (χ2v) is 6.23. The van der Waals surface area contributed by atoms with Crippen molar-refractivity contribution in [2.24, 2.45) is 0 Å². The van der Waals surface area contributed by atoms with Gasteiger partial charge in [0, 0.05) is 17.8 Å². The summed E-state index contributed by atoms with van der Waals surface area (Å²) in [4.78, 5) is 23.2. The van der Waals surface area contributed by atoms with Crippen molar-refractivity contribution in [3.8, 4) is 0 Å². The summed E-state index contributed by atoms with van der Waals surface area (Å²) in [5.74, 6) is -2.20. The first-order valence-electron chi connectivity index (χ1n) is 6.91. The summed E-state index contributed by atoms with van der Waals surface area (Å²) in [6, 6.07) is 8.08. The quantitative estimate of drug-likeness (QED) is 0.879. The fraction of sp³-hybridized carbons (Fsp3) is 0.294. The van der Waals surface area contributed by atoms with E-state index >= 15 is 0 Å². The molecule has 0 aliphatic carbocycles. The summed E-state index contributed by atoms with van der Waals surface area (Å²) in [6.45, 7) is 6.02. The van der Waals surface area contributed by atoms with E-state index in [1.54, 1.807) is 12.1 Å². The van der Waals surface area contributed by atoms with Gasteiger partial charge >= 0.3 is 5.97 Å². The number of rotatable bonds is 4. The largest absolute Gasteiger partial charge is 0.477 e. The van der Waals surface area contributed by atoms with Gasteiger partial charge in [-0.05, 0) is 11.0 Å². The molecule has 0 amide bonds. The van der Waals surface area contributed by atoms with Crippen LogP contribution in [0.15, 0.2) is 36.5 Å². The van der Waals surface area contributed by atoms with Crippen molar-refractivity contribution in [1.82, 2.24) is 4.57 Å². The van der Waals surface area contributed by atoms with E-state index in [-0.39, 0.29) is 23.4 Å². The van der Waals surface area contributed by atoms with E-state index in [9.17, 15) is 14.0 Å². The van der Waals surface area contributed by atoms with E-state index in [0.29, 0.717) is 5.56 Å². The molecule has 1 aromatic heterocycles. The summed E-state index contributed by atoms with van der Waals surface area (Å²) in [5.41, 5.74) is 1.32. The Morgan fingerprint density at radius 1 is 1.18 bits per heavy atom. The first-order valence-corrected chi connectivity index (χ1v) is 6.91. The zero-order chi connectivity index (χ0) is 16.5. The van der Waals surface area contributed by atoms with Crippen LogP contribution < -0.4 is 0 Å². The summed E-state index contributed by atoms with van der Waals surface area (Å²) in [7, 11) is 0. The van der Waals surface area contributed by atoms with Gasteiger partial charge in [0.1, 0.15) is 11.5 Å². The first-order chi connectivity index (χ1) is 10.2. The van der Waals surface area contributed by atoms with Crippen LogP contribution in [-0.4, -0.2) is 21.4 Å². The second-order valence-electron chi connectivity index (χ2n) is 6.23. The molecule has 0 fully saturated rings. The molecule has 0 radical (unpaired) electrons. The molecule has 0 aliphatic heterocycles. The lowest BCUT2D eigenvalue weighted by atomic mass is 9.86. The van der Waals surface area contributed by atoms with Crippen molar-refractivity contribution in [2.75, 3.05) is 0 Å². The fourth-order valence-corrected chi connectivity index (χ4v) is 2.19. The third kappa shape index (κ3) is 3.42. The van der Waals surface area contributed by atoms with Gasteiger partial charge in [-0.2, -0.15) is 0 Å². The van der Waals surface area contributed by atoms with Gasteiger partial charge in [0.2, 0.25) is 0 Å². The Morgan fingerprint density at radius 3 is 2.27 bits per heavy atom. The van der Waals surface area contributed by atoms with Crippen LogP contribution in [0.1, 0.15) is 47.2 Å². The maximum absolute atomic E-state index is 13.2. The van der Waals surface area contributed by atoms with Crippen LogP contribution in [0.5, 0.6) is 0 Å². The monoisotopic (exact) mass is 303 g/mol. The van der Waals surface area contributed by atoms with Crippen molar-refractivity contribution >= 4 is 11.8 Å². The van der Waals surface area contributed by atoms with E-state index in [4.69, 9.17) is 5.11 Å². The molecular formula is C17H18FNO3. The lowest BCUT2D eigenvalue weighted by Crippen LogP contribution is -2.15. The van der Waals surface area contributed by atoms with Crippen molar-refractivity contribution in [1.29, 1.82) is 0 Å². The van der Waals surface area contributed by atoms with Crippen molar-refractivity contribution < 1.29 is 19.1 Å². The lowest BCUT2D eigenvalue weighted by Gasteiger charge is -2.19. The van der Waals surface area contributed by atoms with Crippen LogP contribution in [-0.2, 0) is 12.0 Å². The van der Waals surface area contributed by atoms with E-state index in [2.05, 4.69) is 20.8 Å². The van der Waals surface area contributed by atoms with Gasteiger partial charge in [0.25, 0.3) is 0 Å². The zero-order valence-corrected chi connectivity index (χ0v) is 12.8. The molecule has 116 valence electrons. The Bertz CT molecular complexity index is 708. The van der Waals surface area contributed by atoms with E-state index in [1.165, 1.54) is 0 Å². The minimum atomic E-state index is -1.26. The third-order valence-electron chi connectivity index (χ3n) is 3.47. The molecule has 0 bridgehead atoms. The molecule has 22 heavy (non-hydrogen) atoms. The number of Topliss-reactive ketones (excluding diaryl/α,β-unsaturated/α-hetero) is 1. The summed E-state index contributed by atoms with van der Waals surface area (Å²) < 4.78 is 14.3. The van der Waals surface area contributed by atoms with Crippen molar-refractivity contribution in [3.05, 3.63) is 59.2 Å². The van der Waals surface area contributed by atoms with Gasteiger partial charge < -0.3 is 9.67 Å². The number of benzene rings is 1. The topological polar surface area (TPSA) is 59.3 Å². The molecule has 1 N–H and O–H groups in total. The molecule has 1 heterocycles. The number of halogens is 1. The number of hydrogen-bond donors (Lipinski definition) is 1. The van der Waals surface area contributed by atoms with Crippen LogP contribution in [0.2, 0.25) is 0 Å². The number of aromatic nitrogens is 1. The molecule has 0 unspecified atom stereocenters. The molecule has 5 heteroatoms. The molecule has 0 aliphatic rings. The molecule has 2 aromatic rings. The first kappa shape index (κ1) is 15.9. The highest BCUT2D eigenvalue weighted by atomic mass is 19.1. The predicted molar refractivity (Wildman–Crippen MR) is 80.8 cm³/mol. The van der Waals surface area contributed by atoms with Crippen LogP contribution in [0.4, 0.5) is 4.39 Å². The minimum Gasteiger partial charge on any atom is -0.477 e. The van der Waals surface area contributed by atoms with Gasteiger partial charge in [-0.15, -0.1) is 0 Å². The SMILES string of the molecule is CC(C)(C)c1ccc(C(=O)Cn2cc(F)cc2C(=O)O)cc1. The Kier molecular flexibility index (Phi) is 4.17. The van der Waals surface area contributed by atoms with Crippen LogP contribution in [0, 0.1) is 5.82 Å². The normalized spacial score (nSPS) is 11.5. The number of nitrogens with zero attached hydrogens (tertiary/aromatic N) is 1. The summed E-state index contributed by atoms with van der Waals surface area (Å²) in [6.07, 6.45) is 1.02. The summed E-state index contributed by atoms with van der Waals surface area (Å²) in [5, 5.41) is 8.99. The highest BCUT2D eigenvalue weighted by molar-refractivity contribution is 5.96. The molecule has 0 atom stereocenters. The molecule has 0 saturated heterocycles. The van der Waals surface area contributed by atoms with Gasteiger partial charge in [0.15, 0.2) is 5.78 Å². The lowest BCUT2D eigenvalue weighted by molar-refractivity contribution is 0.0685. The second kappa shape index (κ2) is 5.75. The van der Waals surface area contributed by atoms with Crippen LogP contribution in [0.25, 0.3) is 0 Å². The smallest absolute Gasteiger partial charge is 0.352 e. The fourth-order valence-electron chi connectivity index (χ4n) is 2.19. The van der Waals surface area contributed by atoms with Crippen LogP contribution in [0.3, 0.4) is 0 Å². The highest BCUT2D eigenvalue weighted by Crippen LogP contribution is 2.22. The molecular weight excluding hydrogens is 285 g/mol. The Morgan fingerprint density at radius 2 is 1.77 bits per heavy atom. The number of ketones is 1. The van der Waals surface area contributed by atoms with E-state index < -0.39 is 11.8 Å². The van der Waals surface area contributed by atoms with Crippen molar-refractivity contribution in [3.63, 3.8) is 0 Å². The Hall–Kier alpha value is -2.43. The van der Waals surface area contributed by atoms with Gasteiger partial charge in [-0.25, -0.2) is 9.18 Å². The molecule has 2 rings (SSSR count).